The first-order valence-corrected chi connectivity index (χ1v) is 6.44. The minimum absolute atomic E-state index is 0.0868. The highest BCUT2D eigenvalue weighted by atomic mass is 16.2. The zero-order valence-electron chi connectivity index (χ0n) is 12.4. The Balaban J connectivity index is 2.31. The van der Waals surface area contributed by atoms with E-state index in [1.807, 2.05) is 26.8 Å². The first kappa shape index (κ1) is 14.2. The number of hydrogen-bond acceptors (Lipinski definition) is 2. The Morgan fingerprint density at radius 1 is 1.10 bits per heavy atom. The van der Waals surface area contributed by atoms with Gasteiger partial charge in [0.1, 0.15) is 0 Å². The molecule has 0 unspecified atom stereocenters. The summed E-state index contributed by atoms with van der Waals surface area (Å²) >= 11 is 0. The third-order valence-electron chi connectivity index (χ3n) is 3.02. The number of benzene rings is 1. The van der Waals surface area contributed by atoms with Gasteiger partial charge in [-0.05, 0) is 39.0 Å². The summed E-state index contributed by atoms with van der Waals surface area (Å²) in [6.07, 6.45) is 0. The number of nitrogens with zero attached hydrogens (tertiary/aromatic N) is 2. The van der Waals surface area contributed by atoms with Gasteiger partial charge in [0, 0.05) is 25.3 Å². The summed E-state index contributed by atoms with van der Waals surface area (Å²) in [5.74, 6) is 0. The predicted octanol–water partition coefficient (Wildman–Crippen LogP) is 1.80. The van der Waals surface area contributed by atoms with E-state index < -0.39 is 0 Å². The number of aryl methyl sites for hydroxylation is 2. The molecule has 0 atom stereocenters. The van der Waals surface area contributed by atoms with Crippen LogP contribution in [0.15, 0.2) is 23.0 Å². The smallest absolute Gasteiger partial charge is 0.328 e. The second-order valence-electron chi connectivity index (χ2n) is 5.93. The van der Waals surface area contributed by atoms with Crippen LogP contribution in [0.2, 0.25) is 0 Å². The molecule has 0 bridgehead atoms. The molecule has 2 rings (SSSR count). The average Bonchev–Trinajstić information content (AvgIpc) is 2.52. The number of fused-ring (bicyclic) bond motifs is 1. The summed E-state index contributed by atoms with van der Waals surface area (Å²) in [6.45, 7) is 5.74. The van der Waals surface area contributed by atoms with Crippen molar-refractivity contribution in [1.82, 2.24) is 14.5 Å². The van der Waals surface area contributed by atoms with Crippen molar-refractivity contribution in [3.63, 3.8) is 0 Å². The first-order chi connectivity index (χ1) is 9.19. The molecule has 0 saturated heterocycles. The molecule has 6 heteroatoms. The maximum Gasteiger partial charge on any atom is 0.328 e. The summed E-state index contributed by atoms with van der Waals surface area (Å²) < 4.78 is 3.14. The molecular formula is C14H20N4O2. The molecule has 1 aromatic heterocycles. The summed E-state index contributed by atoms with van der Waals surface area (Å²) in [7, 11) is 3.44. The molecule has 0 saturated carbocycles. The van der Waals surface area contributed by atoms with E-state index in [1.165, 1.54) is 0 Å². The quantitative estimate of drug-likeness (QED) is 0.834. The molecule has 2 amide bonds. The SMILES string of the molecule is Cn1c(=O)n(C)c2cc(NC(=O)NC(C)(C)C)ccc21. The van der Waals surface area contributed by atoms with Crippen LogP contribution >= 0.6 is 0 Å². The number of carbonyl (C=O) groups excluding carboxylic acids is 1. The van der Waals surface area contributed by atoms with E-state index in [2.05, 4.69) is 10.6 Å². The van der Waals surface area contributed by atoms with Gasteiger partial charge in [-0.15, -0.1) is 0 Å². The Labute approximate surface area is 117 Å². The molecule has 0 fully saturated rings. The number of amides is 2. The van der Waals surface area contributed by atoms with E-state index in [0.717, 1.165) is 11.0 Å². The largest absolute Gasteiger partial charge is 0.333 e. The highest BCUT2D eigenvalue weighted by Gasteiger charge is 2.14. The summed E-state index contributed by atoms with van der Waals surface area (Å²) in [4.78, 5) is 23.7. The van der Waals surface area contributed by atoms with E-state index in [1.54, 1.807) is 35.4 Å². The second kappa shape index (κ2) is 4.70. The molecule has 2 N–H and O–H groups in total. The van der Waals surface area contributed by atoms with Crippen LogP contribution in [0.5, 0.6) is 0 Å². The van der Waals surface area contributed by atoms with Crippen LogP contribution in [0.1, 0.15) is 20.8 Å². The van der Waals surface area contributed by atoms with Crippen molar-refractivity contribution in [3.8, 4) is 0 Å². The Hall–Kier alpha value is -2.24. The third kappa shape index (κ3) is 2.68. The van der Waals surface area contributed by atoms with Crippen molar-refractivity contribution < 1.29 is 4.79 Å². The number of hydrogen-bond donors (Lipinski definition) is 2. The lowest BCUT2D eigenvalue weighted by molar-refractivity contribution is 0.244. The van der Waals surface area contributed by atoms with Gasteiger partial charge in [-0.1, -0.05) is 0 Å². The standard InChI is InChI=1S/C14H20N4O2/c1-14(2,3)16-12(19)15-9-6-7-10-11(8-9)18(5)13(20)17(10)4/h6-8H,1-5H3,(H2,15,16,19). The van der Waals surface area contributed by atoms with Crippen molar-refractivity contribution in [1.29, 1.82) is 0 Å². The van der Waals surface area contributed by atoms with Gasteiger partial charge in [0.05, 0.1) is 11.0 Å². The average molecular weight is 276 g/mol. The third-order valence-corrected chi connectivity index (χ3v) is 3.02. The lowest BCUT2D eigenvalue weighted by Gasteiger charge is -2.20. The fourth-order valence-corrected chi connectivity index (χ4v) is 2.09. The number of anilines is 1. The zero-order valence-corrected chi connectivity index (χ0v) is 12.4. The minimum atomic E-state index is -0.298. The molecule has 0 radical (unpaired) electrons. The lowest BCUT2D eigenvalue weighted by atomic mass is 10.1. The van der Waals surface area contributed by atoms with Crippen molar-refractivity contribution in [3.05, 3.63) is 28.7 Å². The zero-order chi connectivity index (χ0) is 15.1. The van der Waals surface area contributed by atoms with Gasteiger partial charge < -0.3 is 10.6 Å². The first-order valence-electron chi connectivity index (χ1n) is 6.44. The van der Waals surface area contributed by atoms with Crippen LogP contribution in [-0.4, -0.2) is 20.7 Å². The molecule has 1 heterocycles. The van der Waals surface area contributed by atoms with Crippen LogP contribution < -0.4 is 16.3 Å². The van der Waals surface area contributed by atoms with Crippen LogP contribution in [0.4, 0.5) is 10.5 Å². The van der Waals surface area contributed by atoms with Crippen LogP contribution in [-0.2, 0) is 14.1 Å². The molecule has 20 heavy (non-hydrogen) atoms. The van der Waals surface area contributed by atoms with Gasteiger partial charge >= 0.3 is 11.7 Å². The molecule has 108 valence electrons. The molecule has 6 nitrogen and oxygen atoms in total. The summed E-state index contributed by atoms with van der Waals surface area (Å²) in [6, 6.07) is 5.13. The van der Waals surface area contributed by atoms with E-state index in [4.69, 9.17) is 0 Å². The van der Waals surface area contributed by atoms with Gasteiger partial charge in [0.25, 0.3) is 0 Å². The summed E-state index contributed by atoms with van der Waals surface area (Å²) in [5, 5.41) is 5.59. The molecule has 0 aliphatic carbocycles. The van der Waals surface area contributed by atoms with E-state index >= 15 is 0 Å². The molecule has 0 spiro atoms. The van der Waals surface area contributed by atoms with E-state index in [-0.39, 0.29) is 17.3 Å². The molecular weight excluding hydrogens is 256 g/mol. The monoisotopic (exact) mass is 276 g/mol. The highest BCUT2D eigenvalue weighted by Crippen LogP contribution is 2.17. The van der Waals surface area contributed by atoms with Crippen molar-refractivity contribution >= 4 is 22.8 Å². The van der Waals surface area contributed by atoms with Crippen molar-refractivity contribution in [2.24, 2.45) is 14.1 Å². The normalized spacial score (nSPS) is 11.7. The molecule has 0 aliphatic heterocycles. The van der Waals surface area contributed by atoms with Gasteiger partial charge in [-0.25, -0.2) is 9.59 Å². The Morgan fingerprint density at radius 3 is 2.30 bits per heavy atom. The lowest BCUT2D eigenvalue weighted by Crippen LogP contribution is -2.43. The van der Waals surface area contributed by atoms with Crippen LogP contribution in [0.25, 0.3) is 11.0 Å². The van der Waals surface area contributed by atoms with E-state index in [9.17, 15) is 9.59 Å². The number of urea groups is 1. The minimum Gasteiger partial charge on any atom is -0.333 e. The second-order valence-corrected chi connectivity index (χ2v) is 5.93. The van der Waals surface area contributed by atoms with Gasteiger partial charge in [-0.2, -0.15) is 0 Å². The fourth-order valence-electron chi connectivity index (χ4n) is 2.09. The van der Waals surface area contributed by atoms with Crippen molar-refractivity contribution in [2.45, 2.75) is 26.3 Å². The Bertz CT molecular complexity index is 719. The number of nitrogens with one attached hydrogen (secondary N) is 2. The van der Waals surface area contributed by atoms with Crippen LogP contribution in [0, 0.1) is 0 Å². The maximum absolute atomic E-state index is 11.8. The van der Waals surface area contributed by atoms with Gasteiger partial charge in [-0.3, -0.25) is 9.13 Å². The number of aromatic nitrogens is 2. The predicted molar refractivity (Wildman–Crippen MR) is 80.1 cm³/mol. The Morgan fingerprint density at radius 2 is 1.70 bits per heavy atom. The van der Waals surface area contributed by atoms with E-state index in [0.29, 0.717) is 5.69 Å². The maximum atomic E-state index is 11.8. The van der Waals surface area contributed by atoms with Crippen molar-refractivity contribution in [2.75, 3.05) is 5.32 Å². The number of rotatable bonds is 1. The molecule has 2 aromatic rings. The topological polar surface area (TPSA) is 68.1 Å². The van der Waals surface area contributed by atoms with Gasteiger partial charge in [0.2, 0.25) is 0 Å². The number of carbonyl (C=O) groups is 1. The highest BCUT2D eigenvalue weighted by molar-refractivity contribution is 5.92. The summed E-state index contributed by atoms with van der Waals surface area (Å²) in [5.41, 5.74) is 1.88. The number of imidazole rings is 1. The Kier molecular flexibility index (Phi) is 3.33. The molecule has 0 aliphatic rings. The van der Waals surface area contributed by atoms with Crippen LogP contribution in [0.3, 0.4) is 0 Å². The molecule has 1 aromatic carbocycles. The van der Waals surface area contributed by atoms with Gasteiger partial charge in [0.15, 0.2) is 0 Å². The fraction of sp³-hybridized carbons (Fsp3) is 0.429.